The van der Waals surface area contributed by atoms with Crippen molar-refractivity contribution in [2.45, 2.75) is 32.4 Å². The Kier molecular flexibility index (Phi) is 6.80. The van der Waals surface area contributed by atoms with Gasteiger partial charge in [0.2, 0.25) is 0 Å². The molecule has 1 amide bonds. The number of piperidine rings is 1. The SMILES string of the molecule is CCOc1ccccc1-c1nc(C(=O)NC2CC[NH+](Cc3ccccc3)CC2)cc2c1[nH]c1ccccc12. The maximum absolute atomic E-state index is 13.6. The molecule has 1 aliphatic heterocycles. The Morgan fingerprint density at radius 1 is 0.974 bits per heavy atom. The molecule has 5 aromatic rings. The van der Waals surface area contributed by atoms with E-state index in [2.05, 4.69) is 52.8 Å². The van der Waals surface area contributed by atoms with E-state index in [4.69, 9.17) is 9.72 Å². The molecule has 0 spiro atoms. The van der Waals surface area contributed by atoms with Gasteiger partial charge in [-0.25, -0.2) is 4.98 Å². The summed E-state index contributed by atoms with van der Waals surface area (Å²) in [5.74, 6) is 0.637. The normalized spacial score (nSPS) is 17.5. The van der Waals surface area contributed by atoms with E-state index in [-0.39, 0.29) is 11.9 Å². The first kappa shape index (κ1) is 24.2. The fourth-order valence-electron chi connectivity index (χ4n) is 5.59. The van der Waals surface area contributed by atoms with Gasteiger partial charge in [-0.05, 0) is 31.2 Å². The quantitative estimate of drug-likeness (QED) is 0.299. The van der Waals surface area contributed by atoms with Crippen LogP contribution in [0.5, 0.6) is 5.75 Å². The van der Waals surface area contributed by atoms with Gasteiger partial charge in [0.15, 0.2) is 0 Å². The first-order chi connectivity index (χ1) is 18.7. The second-order valence-corrected chi connectivity index (χ2v) is 10.0. The predicted molar refractivity (Wildman–Crippen MR) is 152 cm³/mol. The molecule has 1 saturated heterocycles. The first-order valence-corrected chi connectivity index (χ1v) is 13.5. The molecule has 6 heteroatoms. The van der Waals surface area contributed by atoms with E-state index < -0.39 is 0 Å². The summed E-state index contributed by atoms with van der Waals surface area (Å²) in [5, 5.41) is 5.35. The number of benzene rings is 3. The van der Waals surface area contributed by atoms with E-state index in [1.807, 2.05) is 49.4 Å². The number of H-pyrrole nitrogens is 1. The lowest BCUT2D eigenvalue weighted by Crippen LogP contribution is -3.12. The van der Waals surface area contributed by atoms with Gasteiger partial charge < -0.3 is 19.9 Å². The molecular weight excluding hydrogens is 472 g/mol. The number of carbonyl (C=O) groups excluding carboxylic acids is 1. The molecule has 3 aromatic carbocycles. The van der Waals surface area contributed by atoms with Crippen LogP contribution in [0.25, 0.3) is 33.1 Å². The van der Waals surface area contributed by atoms with Crippen LogP contribution in [-0.4, -0.2) is 41.6 Å². The van der Waals surface area contributed by atoms with Crippen LogP contribution >= 0.6 is 0 Å². The summed E-state index contributed by atoms with van der Waals surface area (Å²) in [5.41, 5.74) is 5.33. The molecule has 1 aliphatic rings. The van der Waals surface area contributed by atoms with Crippen molar-refractivity contribution in [2.24, 2.45) is 0 Å². The van der Waals surface area contributed by atoms with Gasteiger partial charge in [-0.2, -0.15) is 0 Å². The fraction of sp³-hybridized carbons (Fsp3) is 0.250. The third-order valence-corrected chi connectivity index (χ3v) is 7.50. The van der Waals surface area contributed by atoms with Crippen molar-refractivity contribution in [3.8, 4) is 17.0 Å². The van der Waals surface area contributed by atoms with Gasteiger partial charge in [-0.3, -0.25) is 4.79 Å². The third kappa shape index (κ3) is 4.87. The highest BCUT2D eigenvalue weighted by molar-refractivity contribution is 6.13. The molecule has 1 fully saturated rings. The lowest BCUT2D eigenvalue weighted by Gasteiger charge is -2.29. The molecule has 3 N–H and O–H groups in total. The maximum atomic E-state index is 13.6. The minimum absolute atomic E-state index is 0.121. The lowest BCUT2D eigenvalue weighted by atomic mass is 10.0. The number of likely N-dealkylation sites (tertiary alicyclic amines) is 1. The van der Waals surface area contributed by atoms with Crippen LogP contribution in [0.2, 0.25) is 0 Å². The molecule has 3 heterocycles. The summed E-state index contributed by atoms with van der Waals surface area (Å²) in [7, 11) is 0. The number of quaternary nitrogens is 1. The fourth-order valence-corrected chi connectivity index (χ4v) is 5.59. The van der Waals surface area contributed by atoms with Gasteiger partial charge in [0, 0.05) is 46.3 Å². The molecule has 6 rings (SSSR count). The number of nitrogens with one attached hydrogen (secondary N) is 3. The zero-order valence-corrected chi connectivity index (χ0v) is 21.7. The maximum Gasteiger partial charge on any atom is 0.270 e. The minimum Gasteiger partial charge on any atom is -0.493 e. The Morgan fingerprint density at radius 2 is 1.71 bits per heavy atom. The predicted octanol–water partition coefficient (Wildman–Crippen LogP) is 4.76. The Hall–Kier alpha value is -4.16. The summed E-state index contributed by atoms with van der Waals surface area (Å²) in [4.78, 5) is 23.6. The van der Waals surface area contributed by atoms with Gasteiger partial charge in [0.1, 0.15) is 18.0 Å². The monoisotopic (exact) mass is 505 g/mol. The van der Waals surface area contributed by atoms with Crippen LogP contribution in [0.3, 0.4) is 0 Å². The van der Waals surface area contributed by atoms with Gasteiger partial charge in [-0.1, -0.05) is 60.7 Å². The largest absolute Gasteiger partial charge is 0.493 e. The highest BCUT2D eigenvalue weighted by Crippen LogP contribution is 2.36. The van der Waals surface area contributed by atoms with Crippen molar-refractivity contribution >= 4 is 27.7 Å². The zero-order valence-electron chi connectivity index (χ0n) is 21.7. The van der Waals surface area contributed by atoms with Crippen LogP contribution in [0.1, 0.15) is 35.8 Å². The van der Waals surface area contributed by atoms with Crippen LogP contribution < -0.4 is 15.0 Å². The lowest BCUT2D eigenvalue weighted by molar-refractivity contribution is -0.918. The second-order valence-electron chi connectivity index (χ2n) is 10.0. The standard InChI is InChI=1S/C32H32N4O2/c1-2-38-29-15-9-7-13-25(29)30-31-26(24-12-6-8-14-27(24)34-31)20-28(35-30)32(37)33-23-16-18-36(19-17-23)21-22-10-4-3-5-11-22/h3-15,20,23,34H,2,16-19,21H2,1H3,(H,33,37)/p+1. The molecule has 38 heavy (non-hydrogen) atoms. The van der Waals surface area contributed by atoms with E-state index in [1.54, 1.807) is 4.90 Å². The summed E-state index contributed by atoms with van der Waals surface area (Å²) in [6.45, 7) is 5.64. The number of aromatic amines is 1. The van der Waals surface area contributed by atoms with Gasteiger partial charge in [0.25, 0.3) is 5.91 Å². The van der Waals surface area contributed by atoms with Gasteiger partial charge in [0.05, 0.1) is 30.9 Å². The average molecular weight is 506 g/mol. The number of hydrogen-bond donors (Lipinski definition) is 3. The Morgan fingerprint density at radius 3 is 2.53 bits per heavy atom. The first-order valence-electron chi connectivity index (χ1n) is 13.5. The van der Waals surface area contributed by atoms with Crippen molar-refractivity contribution in [1.82, 2.24) is 15.3 Å². The highest BCUT2D eigenvalue weighted by atomic mass is 16.5. The smallest absolute Gasteiger partial charge is 0.270 e. The number of para-hydroxylation sites is 2. The number of fused-ring (bicyclic) bond motifs is 3. The molecular formula is C32H33N4O2+. The number of nitrogens with zero attached hydrogens (tertiary/aromatic N) is 1. The van der Waals surface area contributed by atoms with E-state index in [1.165, 1.54) is 5.56 Å². The van der Waals surface area contributed by atoms with E-state index in [0.717, 1.165) is 71.3 Å². The summed E-state index contributed by atoms with van der Waals surface area (Å²) in [6, 6.07) is 28.8. The van der Waals surface area contributed by atoms with Gasteiger partial charge in [-0.15, -0.1) is 0 Å². The second kappa shape index (κ2) is 10.7. The molecule has 2 aromatic heterocycles. The molecule has 0 saturated carbocycles. The number of ether oxygens (including phenoxy) is 1. The summed E-state index contributed by atoms with van der Waals surface area (Å²) >= 11 is 0. The molecule has 0 atom stereocenters. The highest BCUT2D eigenvalue weighted by Gasteiger charge is 2.25. The molecule has 0 unspecified atom stereocenters. The number of pyridine rings is 1. The Balaban J connectivity index is 1.28. The third-order valence-electron chi connectivity index (χ3n) is 7.50. The van der Waals surface area contributed by atoms with E-state index in [9.17, 15) is 4.79 Å². The van der Waals surface area contributed by atoms with Crippen LogP contribution in [0.4, 0.5) is 0 Å². The van der Waals surface area contributed by atoms with Crippen LogP contribution in [0, 0.1) is 0 Å². The zero-order chi connectivity index (χ0) is 25.9. The van der Waals surface area contributed by atoms with E-state index in [0.29, 0.717) is 12.3 Å². The van der Waals surface area contributed by atoms with Crippen molar-refractivity contribution in [1.29, 1.82) is 0 Å². The molecule has 0 aliphatic carbocycles. The molecule has 192 valence electrons. The Bertz CT molecular complexity index is 1570. The topological polar surface area (TPSA) is 71.4 Å². The number of hydrogen-bond acceptors (Lipinski definition) is 3. The molecule has 0 bridgehead atoms. The summed E-state index contributed by atoms with van der Waals surface area (Å²) < 4.78 is 5.93. The number of amides is 1. The number of rotatable bonds is 7. The molecule has 6 nitrogen and oxygen atoms in total. The van der Waals surface area contributed by atoms with Crippen LogP contribution in [-0.2, 0) is 6.54 Å². The Labute approximate surface area is 222 Å². The van der Waals surface area contributed by atoms with Crippen molar-refractivity contribution < 1.29 is 14.4 Å². The van der Waals surface area contributed by atoms with Gasteiger partial charge >= 0.3 is 0 Å². The van der Waals surface area contributed by atoms with Crippen molar-refractivity contribution in [3.05, 3.63) is 96.2 Å². The minimum atomic E-state index is -0.121. The van der Waals surface area contributed by atoms with E-state index >= 15 is 0 Å². The number of carbonyl (C=O) groups is 1. The van der Waals surface area contributed by atoms with Crippen molar-refractivity contribution in [2.75, 3.05) is 19.7 Å². The number of aromatic nitrogens is 2. The van der Waals surface area contributed by atoms with Crippen LogP contribution in [0.15, 0.2) is 84.9 Å². The molecule has 0 radical (unpaired) electrons. The average Bonchev–Trinajstić information content (AvgIpc) is 3.33. The van der Waals surface area contributed by atoms with Crippen molar-refractivity contribution in [3.63, 3.8) is 0 Å². The summed E-state index contributed by atoms with van der Waals surface area (Å²) in [6.07, 6.45) is 1.92.